The number of halogens is 1. The molecule has 14 heavy (non-hydrogen) atoms. The number of anilines is 2. The average Bonchev–Trinajstić information content (AvgIpc) is 2.19. The van der Waals surface area contributed by atoms with Crippen molar-refractivity contribution in [3.63, 3.8) is 0 Å². The SMILES string of the molecule is CSC(C)CNc1nc(N)ncc1Br. The molecule has 1 rings (SSSR count). The molecule has 0 aliphatic carbocycles. The summed E-state index contributed by atoms with van der Waals surface area (Å²) in [4.78, 5) is 7.94. The van der Waals surface area contributed by atoms with Crippen LogP contribution in [0.5, 0.6) is 0 Å². The fourth-order valence-corrected chi connectivity index (χ4v) is 1.41. The van der Waals surface area contributed by atoms with E-state index in [9.17, 15) is 0 Å². The summed E-state index contributed by atoms with van der Waals surface area (Å²) in [7, 11) is 0. The number of nitrogens with zero attached hydrogens (tertiary/aromatic N) is 2. The van der Waals surface area contributed by atoms with Crippen LogP contribution in [0.2, 0.25) is 0 Å². The van der Waals surface area contributed by atoms with Gasteiger partial charge in [0, 0.05) is 18.0 Å². The van der Waals surface area contributed by atoms with Gasteiger partial charge in [-0.15, -0.1) is 0 Å². The fraction of sp³-hybridized carbons (Fsp3) is 0.500. The van der Waals surface area contributed by atoms with Gasteiger partial charge in [-0.25, -0.2) is 4.98 Å². The Morgan fingerprint density at radius 3 is 3.07 bits per heavy atom. The van der Waals surface area contributed by atoms with Gasteiger partial charge in [-0.3, -0.25) is 0 Å². The lowest BCUT2D eigenvalue weighted by Crippen LogP contribution is -2.14. The van der Waals surface area contributed by atoms with Gasteiger partial charge in [0.05, 0.1) is 4.47 Å². The monoisotopic (exact) mass is 276 g/mol. The van der Waals surface area contributed by atoms with E-state index in [1.54, 1.807) is 18.0 Å². The molecule has 0 aromatic carbocycles. The third kappa shape index (κ3) is 3.34. The second-order valence-corrected chi connectivity index (χ2v) is 4.98. The molecule has 1 aromatic rings. The number of rotatable bonds is 4. The van der Waals surface area contributed by atoms with Crippen molar-refractivity contribution < 1.29 is 0 Å². The molecule has 0 amide bonds. The minimum Gasteiger partial charge on any atom is -0.368 e. The second-order valence-electron chi connectivity index (χ2n) is 2.85. The van der Waals surface area contributed by atoms with E-state index in [-0.39, 0.29) is 5.95 Å². The number of nitrogens with two attached hydrogens (primary N) is 1. The smallest absolute Gasteiger partial charge is 0.221 e. The van der Waals surface area contributed by atoms with Gasteiger partial charge in [0.15, 0.2) is 0 Å². The maximum Gasteiger partial charge on any atom is 0.221 e. The molecule has 0 aliphatic heterocycles. The van der Waals surface area contributed by atoms with E-state index in [1.807, 2.05) is 0 Å². The number of nitrogens with one attached hydrogen (secondary N) is 1. The van der Waals surface area contributed by atoms with E-state index in [0.29, 0.717) is 5.25 Å². The fourth-order valence-electron chi connectivity index (χ4n) is 0.828. The predicted octanol–water partition coefficient (Wildman–Crippen LogP) is 1.98. The molecule has 0 bridgehead atoms. The molecule has 1 unspecified atom stereocenters. The molecule has 1 aromatic heterocycles. The van der Waals surface area contributed by atoms with Crippen LogP contribution in [0.3, 0.4) is 0 Å². The Labute approximate surface area is 96.2 Å². The zero-order valence-corrected chi connectivity index (χ0v) is 10.5. The van der Waals surface area contributed by atoms with Crippen LogP contribution in [0.4, 0.5) is 11.8 Å². The summed E-state index contributed by atoms with van der Waals surface area (Å²) in [5, 5.41) is 3.75. The van der Waals surface area contributed by atoms with Crippen molar-refractivity contribution in [2.45, 2.75) is 12.2 Å². The van der Waals surface area contributed by atoms with Crippen molar-refractivity contribution >= 4 is 39.5 Å². The Kier molecular flexibility index (Phi) is 4.47. The van der Waals surface area contributed by atoms with Crippen LogP contribution < -0.4 is 11.1 Å². The molecule has 4 nitrogen and oxygen atoms in total. The van der Waals surface area contributed by atoms with Crippen molar-refractivity contribution in [1.82, 2.24) is 9.97 Å². The molecule has 0 saturated heterocycles. The maximum atomic E-state index is 5.48. The van der Waals surface area contributed by atoms with Crippen molar-refractivity contribution in [2.24, 2.45) is 0 Å². The molecule has 0 radical (unpaired) electrons. The van der Waals surface area contributed by atoms with Crippen molar-refractivity contribution in [2.75, 3.05) is 23.9 Å². The Balaban J connectivity index is 2.62. The van der Waals surface area contributed by atoms with Crippen LogP contribution in [0.1, 0.15) is 6.92 Å². The molecule has 0 aliphatic rings. The van der Waals surface area contributed by atoms with Crippen LogP contribution in [0.15, 0.2) is 10.7 Å². The minimum absolute atomic E-state index is 0.285. The van der Waals surface area contributed by atoms with Crippen LogP contribution in [-0.4, -0.2) is 28.0 Å². The molecule has 1 heterocycles. The molecule has 1 atom stereocenters. The molecule has 6 heteroatoms. The second kappa shape index (κ2) is 5.41. The summed E-state index contributed by atoms with van der Waals surface area (Å²) < 4.78 is 0.833. The Hall–Kier alpha value is -0.490. The zero-order valence-electron chi connectivity index (χ0n) is 8.12. The lowest BCUT2D eigenvalue weighted by Gasteiger charge is -2.11. The van der Waals surface area contributed by atoms with Crippen molar-refractivity contribution in [1.29, 1.82) is 0 Å². The summed E-state index contributed by atoms with van der Waals surface area (Å²) in [6.07, 6.45) is 3.73. The highest BCUT2D eigenvalue weighted by atomic mass is 79.9. The molecule has 78 valence electrons. The Morgan fingerprint density at radius 1 is 1.71 bits per heavy atom. The molecular formula is C8H13BrN4S. The first-order chi connectivity index (χ1) is 6.63. The third-order valence-electron chi connectivity index (χ3n) is 1.72. The Bertz CT molecular complexity index is 307. The zero-order chi connectivity index (χ0) is 10.6. The average molecular weight is 277 g/mol. The van der Waals surface area contributed by atoms with E-state index in [1.165, 1.54) is 0 Å². The normalized spacial score (nSPS) is 12.5. The van der Waals surface area contributed by atoms with Gasteiger partial charge in [-0.05, 0) is 22.2 Å². The lowest BCUT2D eigenvalue weighted by molar-refractivity contribution is 0.985. The van der Waals surface area contributed by atoms with E-state index in [0.717, 1.165) is 16.8 Å². The van der Waals surface area contributed by atoms with Gasteiger partial charge in [0.1, 0.15) is 5.82 Å². The summed E-state index contributed by atoms with van der Waals surface area (Å²) in [6.45, 7) is 3.01. The first-order valence-electron chi connectivity index (χ1n) is 4.18. The highest BCUT2D eigenvalue weighted by molar-refractivity contribution is 9.10. The van der Waals surface area contributed by atoms with E-state index < -0.39 is 0 Å². The Morgan fingerprint density at radius 2 is 2.43 bits per heavy atom. The van der Waals surface area contributed by atoms with Gasteiger partial charge < -0.3 is 11.1 Å². The summed E-state index contributed by atoms with van der Waals surface area (Å²) >= 11 is 5.15. The third-order valence-corrected chi connectivity index (χ3v) is 3.27. The number of nitrogen functional groups attached to an aromatic ring is 1. The van der Waals surface area contributed by atoms with Crippen LogP contribution in [0, 0.1) is 0 Å². The van der Waals surface area contributed by atoms with Gasteiger partial charge >= 0.3 is 0 Å². The number of thioether (sulfide) groups is 1. The predicted molar refractivity (Wildman–Crippen MR) is 65.6 cm³/mol. The van der Waals surface area contributed by atoms with Gasteiger partial charge in [0.25, 0.3) is 0 Å². The van der Waals surface area contributed by atoms with Gasteiger partial charge in [-0.2, -0.15) is 16.7 Å². The lowest BCUT2D eigenvalue weighted by atomic mass is 10.4. The number of hydrogen-bond donors (Lipinski definition) is 2. The van der Waals surface area contributed by atoms with Gasteiger partial charge in [0.2, 0.25) is 5.95 Å². The van der Waals surface area contributed by atoms with E-state index in [4.69, 9.17) is 5.73 Å². The maximum absolute atomic E-state index is 5.48. The molecule has 0 fully saturated rings. The summed E-state index contributed by atoms with van der Waals surface area (Å²) in [6, 6.07) is 0. The standard InChI is InChI=1S/C8H13BrN4S/c1-5(14-2)3-11-7-6(9)4-12-8(10)13-7/h4-5H,3H2,1-2H3,(H3,10,11,12,13). The number of hydrogen-bond acceptors (Lipinski definition) is 5. The van der Waals surface area contributed by atoms with Crippen LogP contribution in [0.25, 0.3) is 0 Å². The van der Waals surface area contributed by atoms with Gasteiger partial charge in [-0.1, -0.05) is 6.92 Å². The quantitative estimate of drug-likeness (QED) is 0.881. The first-order valence-corrected chi connectivity index (χ1v) is 6.26. The highest BCUT2D eigenvalue weighted by Gasteiger charge is 2.04. The highest BCUT2D eigenvalue weighted by Crippen LogP contribution is 2.19. The first kappa shape index (κ1) is 11.6. The number of aromatic nitrogens is 2. The molecule has 3 N–H and O–H groups in total. The summed E-state index contributed by atoms with van der Waals surface area (Å²) in [5.41, 5.74) is 5.48. The summed E-state index contributed by atoms with van der Waals surface area (Å²) in [5.74, 6) is 1.03. The van der Waals surface area contributed by atoms with E-state index >= 15 is 0 Å². The topological polar surface area (TPSA) is 63.8 Å². The van der Waals surface area contributed by atoms with Crippen molar-refractivity contribution in [3.05, 3.63) is 10.7 Å². The largest absolute Gasteiger partial charge is 0.368 e. The van der Waals surface area contributed by atoms with Crippen LogP contribution >= 0.6 is 27.7 Å². The van der Waals surface area contributed by atoms with Crippen molar-refractivity contribution in [3.8, 4) is 0 Å². The van der Waals surface area contributed by atoms with Crippen LogP contribution in [-0.2, 0) is 0 Å². The molecule has 0 saturated carbocycles. The van der Waals surface area contributed by atoms with E-state index in [2.05, 4.69) is 44.4 Å². The minimum atomic E-state index is 0.285. The molecule has 0 spiro atoms. The molecular weight excluding hydrogens is 264 g/mol.